The minimum Gasteiger partial charge on any atom is -0.335 e. The third-order valence-electron chi connectivity index (χ3n) is 3.79. The summed E-state index contributed by atoms with van der Waals surface area (Å²) in [5.41, 5.74) is 0. The van der Waals surface area contributed by atoms with E-state index in [1.165, 1.54) is 38.5 Å². The first-order valence-corrected chi connectivity index (χ1v) is 6.22. The number of rotatable bonds is 2. The fourth-order valence-electron chi connectivity index (χ4n) is 2.53. The molecular formula is C12H22N2O. The molecule has 2 atom stereocenters. The Balaban J connectivity index is 1.86. The molecule has 0 saturated heterocycles. The summed E-state index contributed by atoms with van der Waals surface area (Å²) in [5.74, 6) is 0.661. The SMILES string of the molecule is CC1CCCCC1N(C)C(=O)NC1CC1. The number of nitrogens with zero attached hydrogens (tertiary/aromatic N) is 1. The fraction of sp³-hybridized carbons (Fsp3) is 0.917. The number of carbonyl (C=O) groups is 1. The van der Waals surface area contributed by atoms with Gasteiger partial charge in [-0.05, 0) is 31.6 Å². The van der Waals surface area contributed by atoms with Gasteiger partial charge in [-0.25, -0.2) is 4.79 Å². The molecule has 3 heteroatoms. The van der Waals surface area contributed by atoms with Gasteiger partial charge >= 0.3 is 6.03 Å². The van der Waals surface area contributed by atoms with Crippen molar-refractivity contribution in [3.05, 3.63) is 0 Å². The van der Waals surface area contributed by atoms with Gasteiger partial charge in [0.05, 0.1) is 0 Å². The van der Waals surface area contributed by atoms with Crippen LogP contribution in [0.15, 0.2) is 0 Å². The summed E-state index contributed by atoms with van der Waals surface area (Å²) >= 11 is 0. The standard InChI is InChI=1S/C12H22N2O/c1-9-5-3-4-6-11(9)14(2)12(15)13-10-7-8-10/h9-11H,3-8H2,1-2H3,(H,13,15). The molecule has 0 spiro atoms. The van der Waals surface area contributed by atoms with Crippen molar-refractivity contribution in [2.45, 2.75) is 57.5 Å². The molecule has 2 fully saturated rings. The Morgan fingerprint density at radius 1 is 1.20 bits per heavy atom. The minimum absolute atomic E-state index is 0.135. The van der Waals surface area contributed by atoms with Crippen LogP contribution < -0.4 is 5.32 Å². The smallest absolute Gasteiger partial charge is 0.317 e. The van der Waals surface area contributed by atoms with E-state index in [4.69, 9.17) is 0 Å². The molecule has 2 saturated carbocycles. The van der Waals surface area contributed by atoms with Crippen LogP contribution in [0.3, 0.4) is 0 Å². The molecule has 2 rings (SSSR count). The van der Waals surface area contributed by atoms with Crippen LogP contribution in [0.1, 0.15) is 45.4 Å². The van der Waals surface area contributed by atoms with Gasteiger partial charge in [0.2, 0.25) is 0 Å². The van der Waals surface area contributed by atoms with Gasteiger partial charge in [0, 0.05) is 19.1 Å². The molecule has 3 nitrogen and oxygen atoms in total. The van der Waals surface area contributed by atoms with E-state index in [1.807, 2.05) is 11.9 Å². The molecule has 0 aromatic heterocycles. The maximum Gasteiger partial charge on any atom is 0.317 e. The Bertz CT molecular complexity index is 238. The first-order valence-electron chi connectivity index (χ1n) is 6.22. The van der Waals surface area contributed by atoms with Crippen LogP contribution in [0, 0.1) is 5.92 Å². The Kier molecular flexibility index (Phi) is 3.17. The highest BCUT2D eigenvalue weighted by atomic mass is 16.2. The van der Waals surface area contributed by atoms with Gasteiger partial charge in [-0.15, -0.1) is 0 Å². The first kappa shape index (κ1) is 10.8. The van der Waals surface area contributed by atoms with Crippen molar-refractivity contribution in [2.24, 2.45) is 5.92 Å². The average Bonchev–Trinajstić information content (AvgIpc) is 3.01. The second kappa shape index (κ2) is 4.42. The third kappa shape index (κ3) is 2.64. The fourth-order valence-corrected chi connectivity index (χ4v) is 2.53. The van der Waals surface area contributed by atoms with Gasteiger partial charge < -0.3 is 10.2 Å². The lowest BCUT2D eigenvalue weighted by Gasteiger charge is -2.36. The maximum absolute atomic E-state index is 11.9. The summed E-state index contributed by atoms with van der Waals surface area (Å²) in [6.07, 6.45) is 7.38. The summed E-state index contributed by atoms with van der Waals surface area (Å²) in [6.45, 7) is 2.27. The molecule has 2 amide bonds. The van der Waals surface area contributed by atoms with Crippen LogP contribution in [-0.2, 0) is 0 Å². The monoisotopic (exact) mass is 210 g/mol. The van der Waals surface area contributed by atoms with Crippen LogP contribution in [0.25, 0.3) is 0 Å². The van der Waals surface area contributed by atoms with E-state index in [2.05, 4.69) is 12.2 Å². The number of amides is 2. The van der Waals surface area contributed by atoms with Crippen molar-refractivity contribution < 1.29 is 4.79 Å². The van der Waals surface area contributed by atoms with Gasteiger partial charge in [0.15, 0.2) is 0 Å². The second-order valence-corrected chi connectivity index (χ2v) is 5.16. The molecule has 86 valence electrons. The van der Waals surface area contributed by atoms with Gasteiger partial charge in [0.1, 0.15) is 0 Å². The van der Waals surface area contributed by atoms with Crippen LogP contribution in [0.4, 0.5) is 4.79 Å². The van der Waals surface area contributed by atoms with Crippen LogP contribution >= 0.6 is 0 Å². The lowest BCUT2D eigenvalue weighted by molar-refractivity contribution is 0.145. The Labute approximate surface area is 92.2 Å². The van der Waals surface area contributed by atoms with E-state index < -0.39 is 0 Å². The normalized spacial score (nSPS) is 31.1. The summed E-state index contributed by atoms with van der Waals surface area (Å²) in [5, 5.41) is 3.06. The number of hydrogen-bond acceptors (Lipinski definition) is 1. The zero-order valence-corrected chi connectivity index (χ0v) is 9.83. The Morgan fingerprint density at radius 3 is 2.47 bits per heavy atom. The van der Waals surface area contributed by atoms with Gasteiger partial charge in [-0.2, -0.15) is 0 Å². The van der Waals surface area contributed by atoms with E-state index in [0.717, 1.165) is 0 Å². The molecule has 2 aliphatic carbocycles. The van der Waals surface area contributed by atoms with E-state index in [-0.39, 0.29) is 6.03 Å². The van der Waals surface area contributed by atoms with Crippen molar-refractivity contribution in [3.8, 4) is 0 Å². The van der Waals surface area contributed by atoms with Crippen molar-refractivity contribution in [1.29, 1.82) is 0 Å². The highest BCUT2D eigenvalue weighted by Gasteiger charge is 2.30. The Morgan fingerprint density at radius 2 is 1.87 bits per heavy atom. The molecule has 0 radical (unpaired) electrons. The van der Waals surface area contributed by atoms with E-state index in [0.29, 0.717) is 18.0 Å². The molecule has 2 unspecified atom stereocenters. The summed E-state index contributed by atoms with van der Waals surface area (Å²) in [4.78, 5) is 13.8. The summed E-state index contributed by atoms with van der Waals surface area (Å²) < 4.78 is 0. The first-order chi connectivity index (χ1) is 7.18. The predicted molar refractivity (Wildman–Crippen MR) is 60.7 cm³/mol. The van der Waals surface area contributed by atoms with Crippen LogP contribution in [0.5, 0.6) is 0 Å². The van der Waals surface area contributed by atoms with Crippen molar-refractivity contribution in [1.82, 2.24) is 10.2 Å². The highest BCUT2D eigenvalue weighted by Crippen LogP contribution is 2.28. The molecule has 0 heterocycles. The number of nitrogens with one attached hydrogen (secondary N) is 1. The highest BCUT2D eigenvalue weighted by molar-refractivity contribution is 5.74. The van der Waals surface area contributed by atoms with Gasteiger partial charge in [-0.3, -0.25) is 0 Å². The molecule has 0 aromatic rings. The summed E-state index contributed by atoms with van der Waals surface area (Å²) in [6, 6.07) is 1.06. The number of urea groups is 1. The number of hydrogen-bond donors (Lipinski definition) is 1. The molecule has 0 aliphatic heterocycles. The quantitative estimate of drug-likeness (QED) is 0.745. The molecule has 2 aliphatic rings. The Hall–Kier alpha value is -0.730. The average molecular weight is 210 g/mol. The minimum atomic E-state index is 0.135. The molecule has 15 heavy (non-hydrogen) atoms. The zero-order chi connectivity index (χ0) is 10.8. The van der Waals surface area contributed by atoms with Gasteiger partial charge in [0.25, 0.3) is 0 Å². The van der Waals surface area contributed by atoms with Crippen molar-refractivity contribution >= 4 is 6.03 Å². The molecule has 0 aromatic carbocycles. The third-order valence-corrected chi connectivity index (χ3v) is 3.79. The molecule has 1 N–H and O–H groups in total. The van der Waals surface area contributed by atoms with E-state index in [9.17, 15) is 4.79 Å². The predicted octanol–water partition coefficient (Wildman–Crippen LogP) is 2.37. The lowest BCUT2D eigenvalue weighted by Crippen LogP contribution is -2.47. The van der Waals surface area contributed by atoms with E-state index >= 15 is 0 Å². The maximum atomic E-state index is 11.9. The van der Waals surface area contributed by atoms with Gasteiger partial charge in [-0.1, -0.05) is 19.8 Å². The van der Waals surface area contributed by atoms with Crippen LogP contribution in [-0.4, -0.2) is 30.1 Å². The lowest BCUT2D eigenvalue weighted by atomic mass is 9.85. The number of carbonyl (C=O) groups excluding carboxylic acids is 1. The topological polar surface area (TPSA) is 32.3 Å². The van der Waals surface area contributed by atoms with Crippen molar-refractivity contribution in [2.75, 3.05) is 7.05 Å². The van der Waals surface area contributed by atoms with Crippen LogP contribution in [0.2, 0.25) is 0 Å². The molecule has 0 bridgehead atoms. The zero-order valence-electron chi connectivity index (χ0n) is 9.83. The molecular weight excluding hydrogens is 188 g/mol. The largest absolute Gasteiger partial charge is 0.335 e. The van der Waals surface area contributed by atoms with E-state index in [1.54, 1.807) is 0 Å². The summed E-state index contributed by atoms with van der Waals surface area (Å²) in [7, 11) is 1.95. The van der Waals surface area contributed by atoms with Crippen molar-refractivity contribution in [3.63, 3.8) is 0 Å². The second-order valence-electron chi connectivity index (χ2n) is 5.16.